The summed E-state index contributed by atoms with van der Waals surface area (Å²) in [6.07, 6.45) is 5.34. The number of imidazole rings is 1. The highest BCUT2D eigenvalue weighted by Gasteiger charge is 2.05. The van der Waals surface area contributed by atoms with Gasteiger partial charge in [0.05, 0.1) is 6.54 Å². The van der Waals surface area contributed by atoms with E-state index in [1.165, 1.54) is 0 Å². The number of hydrogen-bond donors (Lipinski definition) is 1. The van der Waals surface area contributed by atoms with Crippen LogP contribution in [0.25, 0.3) is 0 Å². The number of aromatic nitrogens is 3. The molecule has 0 unspecified atom stereocenters. The molecule has 0 radical (unpaired) electrons. The average molecular weight is 232 g/mol. The fourth-order valence-corrected chi connectivity index (χ4v) is 1.79. The second kappa shape index (κ2) is 4.86. The van der Waals surface area contributed by atoms with Gasteiger partial charge in [-0.25, -0.2) is 9.78 Å². The lowest BCUT2D eigenvalue weighted by atomic mass is 10.2. The Morgan fingerprint density at radius 2 is 2.12 bits per heavy atom. The van der Waals surface area contributed by atoms with E-state index in [1.54, 1.807) is 27.7 Å². The second-order valence-electron chi connectivity index (χ2n) is 3.76. The Morgan fingerprint density at radius 1 is 1.35 bits per heavy atom. The van der Waals surface area contributed by atoms with Crippen LogP contribution in [0, 0.1) is 0 Å². The predicted octanol–water partition coefficient (Wildman–Crippen LogP) is 1.15. The number of anilines is 1. The molecule has 2 heterocycles. The Balaban J connectivity index is 2.31. The van der Waals surface area contributed by atoms with Crippen molar-refractivity contribution < 1.29 is 0 Å². The Kier molecular flexibility index (Phi) is 3.27. The van der Waals surface area contributed by atoms with E-state index in [-0.39, 0.29) is 5.69 Å². The molecule has 90 valence electrons. The van der Waals surface area contributed by atoms with Gasteiger partial charge in [0.25, 0.3) is 0 Å². The van der Waals surface area contributed by atoms with E-state index in [1.807, 2.05) is 26.1 Å². The maximum Gasteiger partial charge on any atom is 0.328 e. The molecule has 0 aliphatic heterocycles. The van der Waals surface area contributed by atoms with E-state index >= 15 is 0 Å². The van der Waals surface area contributed by atoms with Gasteiger partial charge in [0, 0.05) is 37.7 Å². The van der Waals surface area contributed by atoms with E-state index < -0.39 is 0 Å². The van der Waals surface area contributed by atoms with E-state index in [9.17, 15) is 4.79 Å². The summed E-state index contributed by atoms with van der Waals surface area (Å²) in [7, 11) is 1.83. The largest absolute Gasteiger partial charge is 0.373 e. The molecule has 0 aromatic carbocycles. The normalized spacial score (nSPS) is 10.5. The molecule has 5 heteroatoms. The van der Waals surface area contributed by atoms with Crippen LogP contribution in [0.15, 0.2) is 35.5 Å². The summed E-state index contributed by atoms with van der Waals surface area (Å²) < 4.78 is 3.36. The highest BCUT2D eigenvalue weighted by atomic mass is 16.1. The van der Waals surface area contributed by atoms with Crippen molar-refractivity contribution in [3.05, 3.63) is 46.8 Å². The predicted molar refractivity (Wildman–Crippen MR) is 67.3 cm³/mol. The molecule has 0 saturated heterocycles. The molecular formula is C12H16N4O. The Morgan fingerprint density at radius 3 is 2.76 bits per heavy atom. The zero-order valence-electron chi connectivity index (χ0n) is 10.1. The molecule has 2 aromatic heterocycles. The van der Waals surface area contributed by atoms with Gasteiger partial charge in [-0.2, -0.15) is 0 Å². The standard InChI is InChI=1S/C12H16N4O/c1-3-15-7-8-16(12(15)17)9-10-5-4-6-14-11(10)13-2/h4-8H,3,9H2,1-2H3,(H,13,14). The van der Waals surface area contributed by atoms with Gasteiger partial charge < -0.3 is 5.32 Å². The molecule has 0 fully saturated rings. The SMILES string of the molecule is CCn1ccn(Cc2cccnc2NC)c1=O. The first-order valence-corrected chi connectivity index (χ1v) is 5.63. The smallest absolute Gasteiger partial charge is 0.328 e. The topological polar surface area (TPSA) is 51.9 Å². The highest BCUT2D eigenvalue weighted by Crippen LogP contribution is 2.11. The van der Waals surface area contributed by atoms with Crippen LogP contribution >= 0.6 is 0 Å². The van der Waals surface area contributed by atoms with Crippen LogP contribution < -0.4 is 11.0 Å². The fourth-order valence-electron chi connectivity index (χ4n) is 1.79. The third-order valence-corrected chi connectivity index (χ3v) is 2.73. The van der Waals surface area contributed by atoms with Gasteiger partial charge in [-0.3, -0.25) is 9.13 Å². The van der Waals surface area contributed by atoms with E-state index in [0.717, 1.165) is 11.4 Å². The molecule has 2 rings (SSSR count). The van der Waals surface area contributed by atoms with Crippen molar-refractivity contribution in [3.8, 4) is 0 Å². The number of aryl methyl sites for hydroxylation is 1. The van der Waals surface area contributed by atoms with Gasteiger partial charge in [0.1, 0.15) is 5.82 Å². The van der Waals surface area contributed by atoms with Crippen LogP contribution in [0.5, 0.6) is 0 Å². The lowest BCUT2D eigenvalue weighted by Gasteiger charge is -2.07. The first kappa shape index (κ1) is 11.4. The molecule has 0 aliphatic rings. The van der Waals surface area contributed by atoms with Crippen molar-refractivity contribution >= 4 is 5.82 Å². The van der Waals surface area contributed by atoms with Gasteiger partial charge in [-0.15, -0.1) is 0 Å². The number of hydrogen-bond acceptors (Lipinski definition) is 3. The van der Waals surface area contributed by atoms with Crippen LogP contribution in [0.2, 0.25) is 0 Å². The van der Waals surface area contributed by atoms with Crippen LogP contribution in [-0.4, -0.2) is 21.2 Å². The maximum atomic E-state index is 11.9. The van der Waals surface area contributed by atoms with Gasteiger partial charge in [0.15, 0.2) is 0 Å². The molecule has 0 amide bonds. The fraction of sp³-hybridized carbons (Fsp3) is 0.333. The minimum atomic E-state index is 0.0124. The summed E-state index contributed by atoms with van der Waals surface area (Å²) >= 11 is 0. The van der Waals surface area contributed by atoms with Crippen LogP contribution in [-0.2, 0) is 13.1 Å². The molecule has 17 heavy (non-hydrogen) atoms. The lowest BCUT2D eigenvalue weighted by molar-refractivity contribution is 0.668. The molecule has 0 spiro atoms. The summed E-state index contributed by atoms with van der Waals surface area (Å²) in [6.45, 7) is 3.18. The van der Waals surface area contributed by atoms with Crippen LogP contribution in [0.1, 0.15) is 12.5 Å². The zero-order valence-corrected chi connectivity index (χ0v) is 10.1. The monoisotopic (exact) mass is 232 g/mol. The summed E-state index contributed by atoms with van der Waals surface area (Å²) in [5.74, 6) is 0.809. The third-order valence-electron chi connectivity index (χ3n) is 2.73. The minimum Gasteiger partial charge on any atom is -0.373 e. The second-order valence-corrected chi connectivity index (χ2v) is 3.76. The summed E-state index contributed by atoms with van der Waals surface area (Å²) in [4.78, 5) is 16.1. The molecule has 0 aliphatic carbocycles. The van der Waals surface area contributed by atoms with E-state index in [4.69, 9.17) is 0 Å². The number of nitrogens with zero attached hydrogens (tertiary/aromatic N) is 3. The molecule has 0 atom stereocenters. The Bertz CT molecular complexity index is 556. The summed E-state index contributed by atoms with van der Waals surface area (Å²) in [5.41, 5.74) is 1.02. The first-order valence-electron chi connectivity index (χ1n) is 5.63. The Labute approximate surface area is 99.7 Å². The minimum absolute atomic E-state index is 0.0124. The molecular weight excluding hydrogens is 216 g/mol. The first-order chi connectivity index (χ1) is 8.26. The molecule has 2 aromatic rings. The van der Waals surface area contributed by atoms with Gasteiger partial charge in [0.2, 0.25) is 0 Å². The van der Waals surface area contributed by atoms with Gasteiger partial charge >= 0.3 is 5.69 Å². The van der Waals surface area contributed by atoms with Crippen molar-refractivity contribution in [3.63, 3.8) is 0 Å². The van der Waals surface area contributed by atoms with Crippen LogP contribution in [0.4, 0.5) is 5.82 Å². The highest BCUT2D eigenvalue weighted by molar-refractivity contribution is 5.42. The Hall–Kier alpha value is -2.04. The molecule has 1 N–H and O–H groups in total. The van der Waals surface area contributed by atoms with Gasteiger partial charge in [-0.1, -0.05) is 6.07 Å². The number of pyridine rings is 1. The van der Waals surface area contributed by atoms with Crippen molar-refractivity contribution in [2.75, 3.05) is 12.4 Å². The van der Waals surface area contributed by atoms with Crippen molar-refractivity contribution in [2.45, 2.75) is 20.0 Å². The summed E-state index contributed by atoms with van der Waals surface area (Å²) in [5, 5.41) is 3.02. The maximum absolute atomic E-state index is 11.9. The quantitative estimate of drug-likeness (QED) is 0.860. The van der Waals surface area contributed by atoms with Gasteiger partial charge in [-0.05, 0) is 13.0 Å². The molecule has 0 bridgehead atoms. The zero-order chi connectivity index (χ0) is 12.3. The van der Waals surface area contributed by atoms with Crippen molar-refractivity contribution in [1.82, 2.24) is 14.1 Å². The summed E-state index contributed by atoms with van der Waals surface area (Å²) in [6, 6.07) is 3.84. The van der Waals surface area contributed by atoms with Crippen LogP contribution in [0.3, 0.4) is 0 Å². The lowest BCUT2D eigenvalue weighted by Crippen LogP contribution is -2.24. The third kappa shape index (κ3) is 2.22. The number of nitrogens with one attached hydrogen (secondary N) is 1. The average Bonchev–Trinajstić information content (AvgIpc) is 2.71. The van der Waals surface area contributed by atoms with E-state index in [0.29, 0.717) is 13.1 Å². The van der Waals surface area contributed by atoms with Crippen molar-refractivity contribution in [2.24, 2.45) is 0 Å². The molecule has 0 saturated carbocycles. The van der Waals surface area contributed by atoms with Crippen molar-refractivity contribution in [1.29, 1.82) is 0 Å². The number of rotatable bonds is 4. The van der Waals surface area contributed by atoms with E-state index in [2.05, 4.69) is 10.3 Å². The molecule has 5 nitrogen and oxygen atoms in total.